The van der Waals surface area contributed by atoms with E-state index in [1.165, 1.54) is 11.8 Å². The first-order valence-electron chi connectivity index (χ1n) is 22.2. The number of hydrogen-bond acceptors (Lipinski definition) is 12. The Morgan fingerprint density at radius 1 is 0.260 bits per heavy atom. The van der Waals surface area contributed by atoms with Crippen LogP contribution in [0.4, 0.5) is 198 Å². The Kier molecular flexibility index (Phi) is 28.3. The first-order chi connectivity index (χ1) is 41.5. The van der Waals surface area contributed by atoms with Gasteiger partial charge in [-0.1, -0.05) is 0 Å². The number of alkyl halides is 45. The van der Waals surface area contributed by atoms with Crippen molar-refractivity contribution >= 4 is 17.7 Å². The normalized spacial score (nSPS) is 18.5. The summed E-state index contributed by atoms with van der Waals surface area (Å²) in [5.41, 5.74) is 0. The van der Waals surface area contributed by atoms with Crippen LogP contribution in [0.1, 0.15) is 13.8 Å². The Labute approximate surface area is 495 Å². The highest BCUT2D eigenvalue weighted by atomic mass is 19.5. The minimum Gasteiger partial charge on any atom is -0.382 e. The zero-order valence-corrected chi connectivity index (χ0v) is 44.6. The van der Waals surface area contributed by atoms with Crippen LogP contribution in [0.2, 0.25) is 0 Å². The van der Waals surface area contributed by atoms with Gasteiger partial charge >= 0.3 is 133 Å². The molecule has 0 fully saturated rings. The van der Waals surface area contributed by atoms with Gasteiger partial charge in [0.05, 0.1) is 33.0 Å². The fourth-order valence-electron chi connectivity index (χ4n) is 4.61. The Hall–Kier alpha value is -5.10. The van der Waals surface area contributed by atoms with Crippen molar-refractivity contribution in [2.24, 2.45) is 0 Å². The van der Waals surface area contributed by atoms with E-state index >= 15 is 0 Å². The van der Waals surface area contributed by atoms with Crippen molar-refractivity contribution in [2.75, 3.05) is 59.8 Å². The van der Waals surface area contributed by atoms with Gasteiger partial charge in [-0.3, -0.25) is 42.8 Å². The molecule has 574 valence electrons. The van der Waals surface area contributed by atoms with Gasteiger partial charge in [0.1, 0.15) is 0 Å². The Balaban J connectivity index is 0. The van der Waals surface area contributed by atoms with Crippen LogP contribution in [0.15, 0.2) is 0 Å². The third-order valence-electron chi connectivity index (χ3n) is 9.57. The molecule has 3 amide bonds. The minimum atomic E-state index is -8.39. The Morgan fingerprint density at radius 2 is 0.469 bits per heavy atom. The van der Waals surface area contributed by atoms with Gasteiger partial charge in [0.15, 0.2) is 0 Å². The van der Waals surface area contributed by atoms with E-state index in [1.807, 2.05) is 9.47 Å². The molecule has 0 aromatic rings. The molecule has 15 nitrogen and oxygen atoms in total. The summed E-state index contributed by atoms with van der Waals surface area (Å²) in [5, 5.41) is 1.67. The summed E-state index contributed by atoms with van der Waals surface area (Å²) < 4.78 is 620. The third kappa shape index (κ3) is 20.3. The Bertz CT molecular complexity index is 2540. The van der Waals surface area contributed by atoms with Crippen LogP contribution in [-0.2, 0) is 57.0 Å². The van der Waals surface area contributed by atoms with E-state index in [9.17, 15) is 212 Å². The number of carbonyl (C=O) groups is 3. The van der Waals surface area contributed by atoms with E-state index in [4.69, 9.17) is 0 Å². The number of amides is 3. The van der Waals surface area contributed by atoms with Crippen LogP contribution >= 0.6 is 0 Å². The second kappa shape index (κ2) is 29.2. The number of ether oxygens (including phenoxy) is 9. The lowest BCUT2D eigenvalue weighted by atomic mass is 10.2. The number of methoxy groups -OCH3 is 1. The van der Waals surface area contributed by atoms with Crippen LogP contribution in [0.5, 0.6) is 0 Å². The molecule has 0 bridgehead atoms. The fourth-order valence-corrected chi connectivity index (χ4v) is 4.61. The standard InChI is InChI=1S/C22H13F31N2O7.C14H15F14NO5/c1-8(23,24)19(46,47)61-12(29,17(40,41)42)21(50,51)59-9(25,14(31,32)33)6(56)54-2-4-58-5-3-55-7(57)10(26,15(34,35)36)60-22(52,53)13(30,18(43,44)45)62-20(48,49)11(27,28)16(37,38)39;1-8(15,16)13(25,26)34-10(18,12(22,23)24)14(27,28)33-9(17,11(19,20)21)7(30)29-3-4-32-6-5-31-2/h2-5H2,1H3,(H,54,56)(H,55,57);3-6H2,1-2H3,(H,29,30). The molecule has 60 heteroatoms. The maximum absolute atomic E-state index is 14.5. The van der Waals surface area contributed by atoms with E-state index in [0.29, 0.717) is 10.6 Å². The number of hydrogen-bond donors (Lipinski definition) is 3. The van der Waals surface area contributed by atoms with Gasteiger partial charge in [0.2, 0.25) is 0 Å². The molecule has 6 unspecified atom stereocenters. The largest absolute Gasteiger partial charge is 0.462 e. The summed E-state index contributed by atoms with van der Waals surface area (Å²) in [4.78, 5) is 34.8. The van der Waals surface area contributed by atoms with Crippen molar-refractivity contribution < 1.29 is 255 Å². The van der Waals surface area contributed by atoms with Crippen molar-refractivity contribution in [2.45, 2.75) is 147 Å². The summed E-state index contributed by atoms with van der Waals surface area (Å²) in [7, 11) is 1.19. The number of carbonyl (C=O) groups excluding carboxylic acids is 3. The van der Waals surface area contributed by atoms with Gasteiger partial charge in [0.25, 0.3) is 17.7 Å². The highest BCUT2D eigenvalue weighted by molar-refractivity contribution is 5.85. The maximum atomic E-state index is 14.5. The Morgan fingerprint density at radius 3 is 0.646 bits per heavy atom. The van der Waals surface area contributed by atoms with E-state index in [2.05, 4.69) is 18.9 Å². The first-order valence-corrected chi connectivity index (χ1v) is 22.2. The zero-order valence-electron chi connectivity index (χ0n) is 44.6. The molecule has 0 spiro atoms. The zero-order chi connectivity index (χ0) is 77.9. The second-order valence-corrected chi connectivity index (χ2v) is 17.1. The van der Waals surface area contributed by atoms with Crippen LogP contribution in [0, 0.1) is 0 Å². The van der Waals surface area contributed by atoms with Crippen molar-refractivity contribution in [3.8, 4) is 0 Å². The monoisotopic (exact) mass is 1550 g/mol. The highest BCUT2D eigenvalue weighted by Gasteiger charge is 2.88. The molecular formula is C36H28F45N3O12. The van der Waals surface area contributed by atoms with Crippen LogP contribution < -0.4 is 16.0 Å². The topological polar surface area (TPSA) is 170 Å². The smallest absolute Gasteiger partial charge is 0.382 e. The van der Waals surface area contributed by atoms with Crippen LogP contribution in [-0.4, -0.2) is 210 Å². The van der Waals surface area contributed by atoms with Crippen molar-refractivity contribution in [3.63, 3.8) is 0 Å². The lowest BCUT2D eigenvalue weighted by Crippen LogP contribution is -2.68. The second-order valence-electron chi connectivity index (χ2n) is 17.1. The molecule has 96 heavy (non-hydrogen) atoms. The van der Waals surface area contributed by atoms with Crippen molar-refractivity contribution in [1.82, 2.24) is 16.0 Å². The van der Waals surface area contributed by atoms with E-state index in [-0.39, 0.29) is 13.2 Å². The molecule has 3 N–H and O–H groups in total. The molecular weight excluding hydrogens is 1520 g/mol. The summed E-state index contributed by atoms with van der Waals surface area (Å²) in [6.07, 6.45) is -99.2. The molecule has 0 heterocycles. The van der Waals surface area contributed by atoms with Gasteiger partial charge in [0, 0.05) is 40.6 Å². The molecule has 6 atom stereocenters. The predicted octanol–water partition coefficient (Wildman–Crippen LogP) is 12.5. The predicted molar refractivity (Wildman–Crippen MR) is 200 cm³/mol. The SMILES string of the molecule is CC(F)(F)C(F)(F)OC(F)(C(F)(F)F)C(F)(F)OC(F)(C(=O)NCCOCCNC(=O)C(F)(OC(F)(F)C(F)(OC(F)(F)C(F)(F)C(F)(F)F)C(F)(F)F)C(F)(F)F)C(F)(F)F.COCCOCCNC(=O)C(F)(OC(F)(F)C(F)(OC(F)(F)C(C)(F)F)C(F)(F)F)C(F)(F)F. The van der Waals surface area contributed by atoms with Gasteiger partial charge in [-0.05, 0) is 0 Å². The van der Waals surface area contributed by atoms with Crippen LogP contribution in [0.25, 0.3) is 0 Å². The van der Waals surface area contributed by atoms with Crippen molar-refractivity contribution in [1.29, 1.82) is 0 Å². The average molecular weight is 1550 g/mol. The number of nitrogens with one attached hydrogen (secondary N) is 3. The summed E-state index contributed by atoms with van der Waals surface area (Å²) in [5.74, 6) is -75.9. The minimum absolute atomic E-state index is 0.0870. The molecule has 0 aliphatic heterocycles. The van der Waals surface area contributed by atoms with Gasteiger partial charge < -0.3 is 30.2 Å². The maximum Gasteiger partial charge on any atom is 0.462 e. The summed E-state index contributed by atoms with van der Waals surface area (Å²) >= 11 is 0. The summed E-state index contributed by atoms with van der Waals surface area (Å²) in [6, 6.07) is 0. The van der Waals surface area contributed by atoms with Gasteiger partial charge in [-0.2, -0.15) is 198 Å². The first kappa shape index (κ1) is 93.0. The van der Waals surface area contributed by atoms with E-state index in [1.54, 1.807) is 9.47 Å². The lowest BCUT2D eigenvalue weighted by Gasteiger charge is -2.40. The molecule has 0 aliphatic carbocycles. The van der Waals surface area contributed by atoms with E-state index < -0.39 is 204 Å². The molecule has 0 saturated heterocycles. The quantitative estimate of drug-likeness (QED) is 0.0420. The van der Waals surface area contributed by atoms with Gasteiger partial charge in [-0.25, -0.2) is 0 Å². The van der Waals surface area contributed by atoms with Crippen molar-refractivity contribution in [3.05, 3.63) is 0 Å². The molecule has 0 aromatic carbocycles. The van der Waals surface area contributed by atoms with Crippen LogP contribution in [0.3, 0.4) is 0 Å². The average Bonchev–Trinajstić information content (AvgIpc) is 0.740. The third-order valence-corrected chi connectivity index (χ3v) is 9.57. The molecule has 0 radical (unpaired) electrons. The summed E-state index contributed by atoms with van der Waals surface area (Å²) in [6.45, 7) is -11.6. The van der Waals surface area contributed by atoms with E-state index in [0.717, 1.165) is 5.32 Å². The lowest BCUT2D eigenvalue weighted by molar-refractivity contribution is -0.548. The molecule has 0 saturated carbocycles. The molecule has 0 aliphatic rings. The highest BCUT2D eigenvalue weighted by Crippen LogP contribution is 2.59. The number of rotatable bonds is 33. The van der Waals surface area contributed by atoms with Gasteiger partial charge in [-0.15, -0.1) is 0 Å². The number of halogens is 45. The molecule has 0 rings (SSSR count). The molecule has 0 aromatic heterocycles. The fraction of sp³-hybridized carbons (Fsp3) is 0.917.